The number of fused-ring (bicyclic) bond motifs is 1. The topological polar surface area (TPSA) is 12.4 Å². The highest BCUT2D eigenvalue weighted by atomic mass is 14.7. The van der Waals surface area contributed by atoms with E-state index < -0.39 is 0 Å². The Balaban J connectivity index is 2.68. The zero-order valence-corrected chi connectivity index (χ0v) is 7.40. The van der Waals surface area contributed by atoms with Crippen molar-refractivity contribution in [2.24, 2.45) is 4.99 Å². The monoisotopic (exact) mass is 169 g/mol. The van der Waals surface area contributed by atoms with Crippen molar-refractivity contribution in [2.75, 3.05) is 0 Å². The van der Waals surface area contributed by atoms with E-state index in [2.05, 4.69) is 48.1 Å². The Hall–Kier alpha value is -1.63. The molecule has 0 aliphatic carbocycles. The summed E-state index contributed by atoms with van der Waals surface area (Å²) in [4.78, 5) is 3.91. The van der Waals surface area contributed by atoms with E-state index in [1.807, 2.05) is 6.07 Å². The molecule has 0 radical (unpaired) electrons. The minimum atomic E-state index is 0.696. The number of nitrogens with zero attached hydrogens (tertiary/aromatic N) is 1. The van der Waals surface area contributed by atoms with Gasteiger partial charge in [0, 0.05) is 0 Å². The zero-order valence-electron chi connectivity index (χ0n) is 7.40. The molecule has 0 aliphatic heterocycles. The van der Waals surface area contributed by atoms with Crippen LogP contribution in [0.1, 0.15) is 5.56 Å². The van der Waals surface area contributed by atoms with Crippen molar-refractivity contribution in [3.8, 4) is 0 Å². The van der Waals surface area contributed by atoms with Crippen molar-refractivity contribution >= 4 is 17.5 Å². The van der Waals surface area contributed by atoms with Crippen LogP contribution in [0.15, 0.2) is 47.5 Å². The Morgan fingerprint density at radius 2 is 1.77 bits per heavy atom. The highest BCUT2D eigenvalue weighted by molar-refractivity contribution is 5.85. The molecule has 0 aromatic heterocycles. The lowest BCUT2D eigenvalue weighted by Crippen LogP contribution is -1.82. The minimum Gasteiger partial charge on any atom is -0.296 e. The van der Waals surface area contributed by atoms with Crippen LogP contribution < -0.4 is 0 Å². The molecule has 1 nitrogen and oxygen atoms in total. The highest BCUT2D eigenvalue weighted by Gasteiger charge is 1.97. The third-order valence-electron chi connectivity index (χ3n) is 2.16. The van der Waals surface area contributed by atoms with Gasteiger partial charge in [-0.05, 0) is 23.1 Å². The van der Waals surface area contributed by atoms with Crippen molar-refractivity contribution in [1.29, 1.82) is 0 Å². The summed E-state index contributed by atoms with van der Waals surface area (Å²) in [6.07, 6.45) is 0. The molecule has 0 bridgehead atoms. The molecule has 2 aromatic rings. The predicted molar refractivity (Wildman–Crippen MR) is 57.2 cm³/mol. The first-order valence-corrected chi connectivity index (χ1v) is 4.31. The van der Waals surface area contributed by atoms with Gasteiger partial charge in [0.2, 0.25) is 0 Å². The van der Waals surface area contributed by atoms with Crippen LogP contribution in [0.2, 0.25) is 0 Å². The number of benzene rings is 2. The first-order valence-electron chi connectivity index (χ1n) is 4.31. The van der Waals surface area contributed by atoms with Crippen molar-refractivity contribution in [2.45, 2.75) is 6.54 Å². The van der Waals surface area contributed by atoms with E-state index >= 15 is 0 Å². The highest BCUT2D eigenvalue weighted by Crippen LogP contribution is 2.18. The lowest BCUT2D eigenvalue weighted by Gasteiger charge is -2.02. The molecule has 0 saturated carbocycles. The summed E-state index contributed by atoms with van der Waals surface area (Å²) < 4.78 is 0. The molecule has 0 fully saturated rings. The van der Waals surface area contributed by atoms with Crippen LogP contribution in [0, 0.1) is 0 Å². The first kappa shape index (κ1) is 7.99. The van der Waals surface area contributed by atoms with Gasteiger partial charge in [-0.25, -0.2) is 0 Å². The zero-order chi connectivity index (χ0) is 9.10. The fraction of sp³-hybridized carbons (Fsp3) is 0.0833. The van der Waals surface area contributed by atoms with E-state index in [0.29, 0.717) is 6.54 Å². The first-order chi connectivity index (χ1) is 6.42. The van der Waals surface area contributed by atoms with E-state index in [1.54, 1.807) is 0 Å². The quantitative estimate of drug-likeness (QED) is 0.613. The second kappa shape index (κ2) is 3.40. The molecule has 0 amide bonds. The summed E-state index contributed by atoms with van der Waals surface area (Å²) in [5, 5.41) is 2.54. The van der Waals surface area contributed by atoms with Crippen LogP contribution in [0.25, 0.3) is 10.8 Å². The number of hydrogen-bond donors (Lipinski definition) is 0. The summed E-state index contributed by atoms with van der Waals surface area (Å²) in [7, 11) is 0. The third kappa shape index (κ3) is 1.45. The lowest BCUT2D eigenvalue weighted by atomic mass is 10.1. The molecule has 0 atom stereocenters. The van der Waals surface area contributed by atoms with Gasteiger partial charge in [-0.3, -0.25) is 4.99 Å². The average molecular weight is 169 g/mol. The minimum absolute atomic E-state index is 0.696. The molecule has 1 heteroatoms. The van der Waals surface area contributed by atoms with Gasteiger partial charge in [0.05, 0.1) is 6.54 Å². The van der Waals surface area contributed by atoms with Crippen molar-refractivity contribution in [1.82, 2.24) is 0 Å². The van der Waals surface area contributed by atoms with Crippen LogP contribution in [-0.2, 0) is 6.54 Å². The normalized spacial score (nSPS) is 10.2. The molecule has 2 rings (SSSR count). The van der Waals surface area contributed by atoms with Crippen LogP contribution in [0.3, 0.4) is 0 Å². The molecule has 0 heterocycles. The molecule has 0 saturated heterocycles. The van der Waals surface area contributed by atoms with E-state index in [1.165, 1.54) is 16.3 Å². The summed E-state index contributed by atoms with van der Waals surface area (Å²) in [6, 6.07) is 14.6. The van der Waals surface area contributed by atoms with Gasteiger partial charge >= 0.3 is 0 Å². The molecule has 13 heavy (non-hydrogen) atoms. The fourth-order valence-electron chi connectivity index (χ4n) is 1.55. The molecule has 0 N–H and O–H groups in total. The molecule has 0 unspecified atom stereocenters. The average Bonchev–Trinajstić information content (AvgIpc) is 2.19. The van der Waals surface area contributed by atoms with Gasteiger partial charge in [0.1, 0.15) is 0 Å². The van der Waals surface area contributed by atoms with Crippen LogP contribution in [-0.4, -0.2) is 6.72 Å². The van der Waals surface area contributed by atoms with Gasteiger partial charge in [0.15, 0.2) is 0 Å². The smallest absolute Gasteiger partial charge is 0.0638 e. The Labute approximate surface area is 77.7 Å². The Bertz CT molecular complexity index is 427. The molecule has 0 spiro atoms. The number of rotatable bonds is 2. The largest absolute Gasteiger partial charge is 0.296 e. The maximum absolute atomic E-state index is 3.91. The van der Waals surface area contributed by atoms with E-state index in [0.717, 1.165) is 0 Å². The molecule has 64 valence electrons. The third-order valence-corrected chi connectivity index (χ3v) is 2.16. The summed E-state index contributed by atoms with van der Waals surface area (Å²) >= 11 is 0. The van der Waals surface area contributed by atoms with Gasteiger partial charge in [-0.2, -0.15) is 0 Å². The Morgan fingerprint density at radius 3 is 2.62 bits per heavy atom. The lowest BCUT2D eigenvalue weighted by molar-refractivity contribution is 1.10. The second-order valence-corrected chi connectivity index (χ2v) is 3.02. The number of aliphatic imine (C=N–C) groups is 1. The summed E-state index contributed by atoms with van der Waals surface area (Å²) in [5.41, 5.74) is 1.24. The van der Waals surface area contributed by atoms with E-state index in [4.69, 9.17) is 0 Å². The van der Waals surface area contributed by atoms with Crippen molar-refractivity contribution in [3.63, 3.8) is 0 Å². The second-order valence-electron chi connectivity index (χ2n) is 3.02. The van der Waals surface area contributed by atoms with Crippen LogP contribution in [0.5, 0.6) is 0 Å². The van der Waals surface area contributed by atoms with Gasteiger partial charge in [0.25, 0.3) is 0 Å². The predicted octanol–water partition coefficient (Wildman–Crippen LogP) is 3.04. The Morgan fingerprint density at radius 1 is 1.00 bits per heavy atom. The molecule has 0 aliphatic rings. The maximum Gasteiger partial charge on any atom is 0.0638 e. The van der Waals surface area contributed by atoms with Crippen LogP contribution >= 0.6 is 0 Å². The van der Waals surface area contributed by atoms with Crippen LogP contribution in [0.4, 0.5) is 0 Å². The van der Waals surface area contributed by atoms with Gasteiger partial charge in [-0.1, -0.05) is 42.5 Å². The molecular formula is C12H11N. The van der Waals surface area contributed by atoms with Crippen molar-refractivity contribution < 1.29 is 0 Å². The van der Waals surface area contributed by atoms with E-state index in [-0.39, 0.29) is 0 Å². The van der Waals surface area contributed by atoms with Gasteiger partial charge in [-0.15, -0.1) is 0 Å². The molecular weight excluding hydrogens is 158 g/mol. The summed E-state index contributed by atoms with van der Waals surface area (Å²) in [5.74, 6) is 0. The fourth-order valence-corrected chi connectivity index (χ4v) is 1.55. The maximum atomic E-state index is 3.91. The number of hydrogen-bond acceptors (Lipinski definition) is 1. The van der Waals surface area contributed by atoms with Gasteiger partial charge < -0.3 is 0 Å². The van der Waals surface area contributed by atoms with E-state index in [9.17, 15) is 0 Å². The SMILES string of the molecule is C=NCc1cccc2ccccc12. The standard InChI is InChI=1S/C12H11N/c1-13-9-11-7-4-6-10-5-2-3-8-12(10)11/h2-8H,1,9H2. The van der Waals surface area contributed by atoms with Crippen molar-refractivity contribution in [3.05, 3.63) is 48.0 Å². The molecule has 2 aromatic carbocycles. The summed E-state index contributed by atoms with van der Waals surface area (Å²) in [6.45, 7) is 4.21. The Kier molecular flexibility index (Phi) is 2.09.